The fourth-order valence-electron chi connectivity index (χ4n) is 0.667. The summed E-state index contributed by atoms with van der Waals surface area (Å²) in [7, 11) is 0. The summed E-state index contributed by atoms with van der Waals surface area (Å²) in [6.07, 6.45) is 3.11. The molecule has 0 aliphatic heterocycles. The molecular formula is C7H7ClN2O. The lowest BCUT2D eigenvalue weighted by Crippen LogP contribution is -1.94. The molecule has 3 nitrogen and oxygen atoms in total. The second-order valence-corrected chi connectivity index (χ2v) is 2.51. The average Bonchev–Trinajstić information content (AvgIpc) is 2.03. The molecule has 0 aliphatic carbocycles. The van der Waals surface area contributed by atoms with Gasteiger partial charge in [0.15, 0.2) is 0 Å². The van der Waals surface area contributed by atoms with E-state index in [2.05, 4.69) is 10.1 Å². The number of oxime groups is 1. The fourth-order valence-corrected chi connectivity index (χ4v) is 0.841. The maximum absolute atomic E-state index is 8.40. The summed E-state index contributed by atoms with van der Waals surface area (Å²) < 4.78 is 0. The highest BCUT2D eigenvalue weighted by Crippen LogP contribution is 2.08. The average molecular weight is 171 g/mol. The normalized spacial score (nSPS) is 11.6. The first kappa shape index (κ1) is 8.01. The van der Waals surface area contributed by atoms with Gasteiger partial charge in [-0.15, -0.1) is 0 Å². The van der Waals surface area contributed by atoms with Gasteiger partial charge in [-0.2, -0.15) is 0 Å². The first-order valence-electron chi connectivity index (χ1n) is 3.03. The molecule has 1 aromatic rings. The van der Waals surface area contributed by atoms with Crippen LogP contribution < -0.4 is 0 Å². The van der Waals surface area contributed by atoms with Crippen molar-refractivity contribution >= 4 is 17.3 Å². The van der Waals surface area contributed by atoms with Crippen LogP contribution in [0.1, 0.15) is 12.5 Å². The number of hydrogen-bond acceptors (Lipinski definition) is 3. The SMILES string of the molecule is CC(=NO)c1cncc(Cl)c1. The second-order valence-electron chi connectivity index (χ2n) is 2.08. The molecule has 0 saturated carbocycles. The van der Waals surface area contributed by atoms with Gasteiger partial charge in [-0.05, 0) is 13.0 Å². The number of hydrogen-bond donors (Lipinski definition) is 1. The molecule has 1 aromatic heterocycles. The highest BCUT2D eigenvalue weighted by atomic mass is 35.5. The first-order valence-corrected chi connectivity index (χ1v) is 3.41. The Labute approximate surface area is 69.3 Å². The molecule has 0 bridgehead atoms. The number of rotatable bonds is 1. The number of nitrogens with zero attached hydrogens (tertiary/aromatic N) is 2. The molecule has 4 heteroatoms. The van der Waals surface area contributed by atoms with E-state index < -0.39 is 0 Å². The highest BCUT2D eigenvalue weighted by Gasteiger charge is 1.97. The largest absolute Gasteiger partial charge is 0.411 e. The molecule has 58 valence electrons. The summed E-state index contributed by atoms with van der Waals surface area (Å²) in [5, 5.41) is 11.9. The summed E-state index contributed by atoms with van der Waals surface area (Å²) in [5.41, 5.74) is 1.22. The van der Waals surface area contributed by atoms with Crippen LogP contribution in [-0.2, 0) is 0 Å². The zero-order valence-corrected chi connectivity index (χ0v) is 6.71. The van der Waals surface area contributed by atoms with Crippen molar-refractivity contribution in [2.75, 3.05) is 0 Å². The maximum Gasteiger partial charge on any atom is 0.0852 e. The molecule has 0 unspecified atom stereocenters. The minimum atomic E-state index is 0.500. The van der Waals surface area contributed by atoms with Crippen molar-refractivity contribution in [1.29, 1.82) is 0 Å². The van der Waals surface area contributed by atoms with Crippen LogP contribution in [-0.4, -0.2) is 15.9 Å². The van der Waals surface area contributed by atoms with E-state index in [1.807, 2.05) is 0 Å². The van der Waals surface area contributed by atoms with Gasteiger partial charge in [0.2, 0.25) is 0 Å². The number of halogens is 1. The van der Waals surface area contributed by atoms with Crippen LogP contribution in [0, 0.1) is 0 Å². The van der Waals surface area contributed by atoms with Crippen molar-refractivity contribution < 1.29 is 5.21 Å². The molecule has 1 rings (SSSR count). The Balaban J connectivity index is 3.06. The van der Waals surface area contributed by atoms with Crippen LogP contribution in [0.25, 0.3) is 0 Å². The Morgan fingerprint density at radius 2 is 2.36 bits per heavy atom. The Hall–Kier alpha value is -1.09. The lowest BCUT2D eigenvalue weighted by Gasteiger charge is -1.96. The minimum absolute atomic E-state index is 0.500. The van der Waals surface area contributed by atoms with Gasteiger partial charge >= 0.3 is 0 Å². The summed E-state index contributed by atoms with van der Waals surface area (Å²) in [6, 6.07) is 1.68. The van der Waals surface area contributed by atoms with Gasteiger partial charge in [-0.1, -0.05) is 16.8 Å². The molecule has 0 atom stereocenters. The number of pyridine rings is 1. The Morgan fingerprint density at radius 3 is 2.91 bits per heavy atom. The van der Waals surface area contributed by atoms with Crippen molar-refractivity contribution in [1.82, 2.24) is 4.98 Å². The molecular weight excluding hydrogens is 164 g/mol. The summed E-state index contributed by atoms with van der Waals surface area (Å²) in [5.74, 6) is 0. The van der Waals surface area contributed by atoms with E-state index >= 15 is 0 Å². The van der Waals surface area contributed by atoms with Crippen molar-refractivity contribution in [2.24, 2.45) is 5.16 Å². The molecule has 0 aromatic carbocycles. The molecule has 1 heterocycles. The van der Waals surface area contributed by atoms with Crippen LogP contribution in [0.3, 0.4) is 0 Å². The van der Waals surface area contributed by atoms with Crippen LogP contribution >= 0.6 is 11.6 Å². The highest BCUT2D eigenvalue weighted by molar-refractivity contribution is 6.30. The predicted molar refractivity (Wildman–Crippen MR) is 43.2 cm³/mol. The van der Waals surface area contributed by atoms with E-state index in [0.717, 1.165) is 5.56 Å². The van der Waals surface area contributed by atoms with Gasteiger partial charge in [0.1, 0.15) is 0 Å². The third kappa shape index (κ3) is 1.91. The third-order valence-electron chi connectivity index (χ3n) is 1.27. The van der Waals surface area contributed by atoms with Gasteiger partial charge in [0.05, 0.1) is 10.7 Å². The standard InChI is InChI=1S/C7H7ClN2O/c1-5(10-11)6-2-7(8)4-9-3-6/h2-4,11H,1H3. The van der Waals surface area contributed by atoms with Gasteiger partial charge < -0.3 is 5.21 Å². The Bertz CT molecular complexity index is 286. The van der Waals surface area contributed by atoms with Crippen LogP contribution in [0.2, 0.25) is 5.02 Å². The molecule has 0 radical (unpaired) electrons. The van der Waals surface area contributed by atoms with Crippen LogP contribution in [0.15, 0.2) is 23.6 Å². The van der Waals surface area contributed by atoms with Crippen LogP contribution in [0.5, 0.6) is 0 Å². The van der Waals surface area contributed by atoms with Gasteiger partial charge in [0.25, 0.3) is 0 Å². The number of aromatic nitrogens is 1. The van der Waals surface area contributed by atoms with Crippen molar-refractivity contribution in [2.45, 2.75) is 6.92 Å². The van der Waals surface area contributed by atoms with Crippen molar-refractivity contribution in [3.8, 4) is 0 Å². The Morgan fingerprint density at radius 1 is 1.64 bits per heavy atom. The summed E-state index contributed by atoms with van der Waals surface area (Å²) in [6.45, 7) is 1.67. The quantitative estimate of drug-likeness (QED) is 0.398. The lowest BCUT2D eigenvalue weighted by molar-refractivity contribution is 0.319. The second kappa shape index (κ2) is 3.34. The van der Waals surface area contributed by atoms with E-state index in [1.54, 1.807) is 19.2 Å². The van der Waals surface area contributed by atoms with E-state index in [1.165, 1.54) is 6.20 Å². The smallest absolute Gasteiger partial charge is 0.0852 e. The summed E-state index contributed by atoms with van der Waals surface area (Å²) in [4.78, 5) is 3.83. The molecule has 1 N–H and O–H groups in total. The molecule has 0 amide bonds. The van der Waals surface area contributed by atoms with Crippen molar-refractivity contribution in [3.05, 3.63) is 29.0 Å². The topological polar surface area (TPSA) is 45.5 Å². The molecule has 0 aliphatic rings. The maximum atomic E-state index is 8.40. The van der Waals surface area contributed by atoms with E-state index in [0.29, 0.717) is 10.7 Å². The zero-order chi connectivity index (χ0) is 8.27. The summed E-state index contributed by atoms with van der Waals surface area (Å²) >= 11 is 5.65. The van der Waals surface area contributed by atoms with Crippen LogP contribution in [0.4, 0.5) is 0 Å². The van der Waals surface area contributed by atoms with Gasteiger partial charge in [-0.25, -0.2) is 0 Å². The Kier molecular flexibility index (Phi) is 2.44. The minimum Gasteiger partial charge on any atom is -0.411 e. The molecule has 0 spiro atoms. The predicted octanol–water partition coefficient (Wildman–Crippen LogP) is 1.93. The van der Waals surface area contributed by atoms with Gasteiger partial charge in [0, 0.05) is 18.0 Å². The molecule has 11 heavy (non-hydrogen) atoms. The zero-order valence-electron chi connectivity index (χ0n) is 5.95. The molecule has 0 fully saturated rings. The van der Waals surface area contributed by atoms with Crippen molar-refractivity contribution in [3.63, 3.8) is 0 Å². The monoisotopic (exact) mass is 170 g/mol. The van der Waals surface area contributed by atoms with E-state index in [4.69, 9.17) is 16.8 Å². The van der Waals surface area contributed by atoms with E-state index in [9.17, 15) is 0 Å². The molecule has 0 saturated heterocycles. The van der Waals surface area contributed by atoms with Gasteiger partial charge in [-0.3, -0.25) is 4.98 Å². The fraction of sp³-hybridized carbons (Fsp3) is 0.143. The first-order chi connectivity index (χ1) is 5.24. The lowest BCUT2D eigenvalue weighted by atomic mass is 10.2. The third-order valence-corrected chi connectivity index (χ3v) is 1.48. The van der Waals surface area contributed by atoms with E-state index in [-0.39, 0.29) is 0 Å².